The van der Waals surface area contributed by atoms with Gasteiger partial charge in [-0.05, 0) is 20.8 Å². The second-order valence-corrected chi connectivity index (χ2v) is 4.26. The van der Waals surface area contributed by atoms with E-state index in [1.165, 1.54) is 0 Å². The highest BCUT2D eigenvalue weighted by atomic mass is 15.2. The van der Waals surface area contributed by atoms with E-state index in [9.17, 15) is 0 Å². The normalized spacial score (nSPS) is 22.1. The third-order valence-electron chi connectivity index (χ3n) is 2.38. The summed E-state index contributed by atoms with van der Waals surface area (Å²) < 4.78 is 0. The van der Waals surface area contributed by atoms with Gasteiger partial charge in [0.25, 0.3) is 0 Å². The number of hydrogen-bond acceptors (Lipinski definition) is 2. The lowest BCUT2D eigenvalue weighted by molar-refractivity contribution is 0.158. The largest absolute Gasteiger partial charge is 0.309 e. The van der Waals surface area contributed by atoms with Crippen molar-refractivity contribution in [1.29, 1.82) is 0 Å². The second-order valence-electron chi connectivity index (χ2n) is 4.26. The fraction of sp³-hybridized carbons (Fsp3) is 0.818. The molecule has 0 bridgehead atoms. The van der Waals surface area contributed by atoms with Gasteiger partial charge in [0.05, 0.1) is 0 Å². The molecule has 1 aliphatic heterocycles. The molecule has 2 nitrogen and oxygen atoms in total. The lowest BCUT2D eigenvalue weighted by atomic mass is 10.0. The zero-order chi connectivity index (χ0) is 9.73. The highest BCUT2D eigenvalue weighted by Gasteiger charge is 2.24. The van der Waals surface area contributed by atoms with Gasteiger partial charge in [0.2, 0.25) is 0 Å². The zero-order valence-electron chi connectivity index (χ0n) is 8.98. The summed E-state index contributed by atoms with van der Waals surface area (Å²) in [5, 5.41) is 3.50. The molecule has 1 saturated heterocycles. The van der Waals surface area contributed by atoms with Crippen molar-refractivity contribution in [2.24, 2.45) is 0 Å². The van der Waals surface area contributed by atoms with Crippen LogP contribution in [0.2, 0.25) is 0 Å². The van der Waals surface area contributed by atoms with Gasteiger partial charge in [-0.25, -0.2) is 0 Å². The Morgan fingerprint density at radius 1 is 1.46 bits per heavy atom. The van der Waals surface area contributed by atoms with Crippen molar-refractivity contribution in [3.8, 4) is 11.8 Å². The third kappa shape index (κ3) is 3.80. The van der Waals surface area contributed by atoms with Crippen molar-refractivity contribution in [3.63, 3.8) is 0 Å². The van der Waals surface area contributed by atoms with Crippen LogP contribution in [-0.4, -0.2) is 36.6 Å². The van der Waals surface area contributed by atoms with E-state index < -0.39 is 0 Å². The van der Waals surface area contributed by atoms with Gasteiger partial charge in [-0.1, -0.05) is 0 Å². The first-order valence-electron chi connectivity index (χ1n) is 5.01. The number of nitrogens with zero attached hydrogens (tertiary/aromatic N) is 1. The summed E-state index contributed by atoms with van der Waals surface area (Å²) in [6.45, 7) is 10.9. The number of nitrogens with one attached hydrogen (secondary N) is 1. The molecule has 0 aromatic carbocycles. The first-order valence-corrected chi connectivity index (χ1v) is 5.01. The van der Waals surface area contributed by atoms with E-state index in [1.54, 1.807) is 0 Å². The molecule has 0 aromatic rings. The Balaban J connectivity index is 2.29. The van der Waals surface area contributed by atoms with Crippen LogP contribution in [0.25, 0.3) is 0 Å². The third-order valence-corrected chi connectivity index (χ3v) is 2.38. The van der Waals surface area contributed by atoms with Crippen LogP contribution in [-0.2, 0) is 0 Å². The van der Waals surface area contributed by atoms with Gasteiger partial charge in [0, 0.05) is 38.1 Å². The fourth-order valence-corrected chi connectivity index (χ4v) is 1.78. The molecule has 0 unspecified atom stereocenters. The first-order chi connectivity index (χ1) is 6.14. The highest BCUT2D eigenvalue weighted by Crippen LogP contribution is 2.09. The minimum atomic E-state index is 0.276. The van der Waals surface area contributed by atoms with Crippen LogP contribution >= 0.6 is 0 Å². The van der Waals surface area contributed by atoms with Gasteiger partial charge >= 0.3 is 0 Å². The van der Waals surface area contributed by atoms with E-state index in [-0.39, 0.29) is 5.54 Å². The van der Waals surface area contributed by atoms with Crippen molar-refractivity contribution in [2.45, 2.75) is 32.7 Å². The molecule has 1 fully saturated rings. The number of hydrogen-bond donors (Lipinski definition) is 1. The minimum absolute atomic E-state index is 0.276. The Morgan fingerprint density at radius 2 is 2.23 bits per heavy atom. The van der Waals surface area contributed by atoms with E-state index in [0.29, 0.717) is 0 Å². The van der Waals surface area contributed by atoms with Gasteiger partial charge in [-0.2, -0.15) is 0 Å². The molecule has 0 aromatic heterocycles. The van der Waals surface area contributed by atoms with Crippen LogP contribution in [0.15, 0.2) is 0 Å². The summed E-state index contributed by atoms with van der Waals surface area (Å²) >= 11 is 0. The molecular formula is C11H20N2. The molecule has 0 spiro atoms. The van der Waals surface area contributed by atoms with E-state index in [4.69, 9.17) is 0 Å². The number of rotatable bonds is 2. The minimum Gasteiger partial charge on any atom is -0.309 e. The van der Waals surface area contributed by atoms with E-state index in [0.717, 1.165) is 32.6 Å². The monoisotopic (exact) mass is 180 g/mol. The van der Waals surface area contributed by atoms with E-state index in [1.807, 2.05) is 6.92 Å². The predicted octanol–water partition coefficient (Wildman–Crippen LogP) is 1.08. The molecule has 74 valence electrons. The second kappa shape index (κ2) is 4.64. The van der Waals surface area contributed by atoms with Gasteiger partial charge in [0.1, 0.15) is 0 Å². The maximum Gasteiger partial charge on any atom is 0.0252 e. The van der Waals surface area contributed by atoms with Crippen LogP contribution in [0.4, 0.5) is 0 Å². The van der Waals surface area contributed by atoms with Crippen LogP contribution in [0.3, 0.4) is 0 Å². The van der Waals surface area contributed by atoms with Gasteiger partial charge in [-0.3, -0.25) is 4.90 Å². The van der Waals surface area contributed by atoms with Gasteiger partial charge in [0.15, 0.2) is 0 Å². The lowest BCUT2D eigenvalue weighted by Crippen LogP contribution is -2.56. The van der Waals surface area contributed by atoms with Crippen LogP contribution in [0.5, 0.6) is 0 Å². The Bertz CT molecular complexity index is 210. The van der Waals surface area contributed by atoms with Gasteiger partial charge < -0.3 is 5.32 Å². The SMILES string of the molecule is CC#CCCN1CCNC(C)(C)C1. The fourth-order valence-electron chi connectivity index (χ4n) is 1.78. The summed E-state index contributed by atoms with van der Waals surface area (Å²) in [5.41, 5.74) is 0.276. The predicted molar refractivity (Wildman–Crippen MR) is 56.6 cm³/mol. The molecule has 1 heterocycles. The molecule has 0 aliphatic carbocycles. The number of piperazine rings is 1. The molecule has 0 radical (unpaired) electrons. The smallest absolute Gasteiger partial charge is 0.0252 e. The Labute approximate surface area is 81.7 Å². The van der Waals surface area contributed by atoms with Gasteiger partial charge in [-0.15, -0.1) is 11.8 Å². The van der Waals surface area contributed by atoms with Crippen molar-refractivity contribution >= 4 is 0 Å². The van der Waals surface area contributed by atoms with Crippen molar-refractivity contribution < 1.29 is 0 Å². The molecular weight excluding hydrogens is 160 g/mol. The Kier molecular flexibility index (Phi) is 3.77. The zero-order valence-corrected chi connectivity index (χ0v) is 8.98. The Hall–Kier alpha value is -0.520. The molecule has 2 heteroatoms. The molecule has 0 saturated carbocycles. The molecule has 1 N–H and O–H groups in total. The average Bonchev–Trinajstić information content (AvgIpc) is 2.03. The summed E-state index contributed by atoms with van der Waals surface area (Å²) in [7, 11) is 0. The molecule has 1 rings (SSSR count). The van der Waals surface area contributed by atoms with Crippen molar-refractivity contribution in [2.75, 3.05) is 26.2 Å². The summed E-state index contributed by atoms with van der Waals surface area (Å²) in [5.74, 6) is 6.05. The van der Waals surface area contributed by atoms with Crippen molar-refractivity contribution in [1.82, 2.24) is 10.2 Å². The standard InChI is InChI=1S/C11H20N2/c1-4-5-6-8-13-9-7-12-11(2,3)10-13/h12H,6-10H2,1-3H3. The quantitative estimate of drug-likeness (QED) is 0.640. The molecule has 1 aliphatic rings. The average molecular weight is 180 g/mol. The molecule has 0 atom stereocenters. The van der Waals surface area contributed by atoms with Crippen molar-refractivity contribution in [3.05, 3.63) is 0 Å². The lowest BCUT2D eigenvalue weighted by Gasteiger charge is -2.38. The van der Waals surface area contributed by atoms with Crippen LogP contribution in [0.1, 0.15) is 27.2 Å². The Morgan fingerprint density at radius 3 is 2.85 bits per heavy atom. The summed E-state index contributed by atoms with van der Waals surface area (Å²) in [4.78, 5) is 2.49. The van der Waals surface area contributed by atoms with E-state index >= 15 is 0 Å². The topological polar surface area (TPSA) is 15.3 Å². The summed E-state index contributed by atoms with van der Waals surface area (Å²) in [6.07, 6.45) is 1.01. The first kappa shape index (κ1) is 10.6. The van der Waals surface area contributed by atoms with E-state index in [2.05, 4.69) is 35.9 Å². The molecule has 13 heavy (non-hydrogen) atoms. The van der Waals surface area contributed by atoms with Crippen LogP contribution in [0, 0.1) is 11.8 Å². The highest BCUT2D eigenvalue weighted by molar-refractivity contribution is 4.96. The molecule has 0 amide bonds. The summed E-state index contributed by atoms with van der Waals surface area (Å²) in [6, 6.07) is 0. The van der Waals surface area contributed by atoms with Crippen LogP contribution < -0.4 is 5.32 Å². The maximum absolute atomic E-state index is 3.50. The maximum atomic E-state index is 3.50.